The molecule has 0 aromatic carbocycles. The Balaban J connectivity index is 1.62. The van der Waals surface area contributed by atoms with Crippen molar-refractivity contribution in [2.45, 2.75) is 32.4 Å². The number of hydrogen-bond donors (Lipinski definition) is 1. The average molecular weight is 490 g/mol. The Kier molecular flexibility index (Phi) is 7.90. The fourth-order valence-electron chi connectivity index (χ4n) is 4.19. The van der Waals surface area contributed by atoms with Gasteiger partial charge in [0.1, 0.15) is 11.7 Å². The van der Waals surface area contributed by atoms with Gasteiger partial charge in [-0.05, 0) is 42.8 Å². The van der Waals surface area contributed by atoms with Crippen LogP contribution in [0.1, 0.15) is 29.9 Å². The first-order valence-corrected chi connectivity index (χ1v) is 12.0. The second-order valence-electron chi connectivity index (χ2n) is 9.21. The molecule has 0 aliphatic carbocycles. The van der Waals surface area contributed by atoms with Crippen molar-refractivity contribution in [1.29, 1.82) is 0 Å². The van der Waals surface area contributed by atoms with Gasteiger partial charge in [0.05, 0.1) is 25.6 Å². The zero-order valence-electron chi connectivity index (χ0n) is 20.7. The largest absolute Gasteiger partial charge is 0.472 e. The quantitative estimate of drug-likeness (QED) is 0.543. The Bertz CT molecular complexity index is 1190. The Morgan fingerprint density at radius 1 is 1.19 bits per heavy atom. The summed E-state index contributed by atoms with van der Waals surface area (Å²) < 4.78 is 6.30. The molecule has 2 amide bonds. The summed E-state index contributed by atoms with van der Waals surface area (Å²) in [5.41, 5.74) is 2.66. The van der Waals surface area contributed by atoms with Crippen LogP contribution in [0.4, 0.5) is 0 Å². The molecule has 1 aliphatic heterocycles. The standard InChI is InChI=1S/C27H31N5O4/c1-18-15-32(19(2)17-33)27(35)23-12-21(20-7-10-28-11-8-20)14-30-26(23)36-24(18)16-31(3)25(34)13-22-6-4-5-9-29-22/h4-12,14,18-19,24,33H,13,15-17H2,1-3H3/t18-,19+,24-/m1/s1. The van der Waals surface area contributed by atoms with Crippen LogP contribution in [0.3, 0.4) is 0 Å². The third-order valence-corrected chi connectivity index (χ3v) is 6.47. The van der Waals surface area contributed by atoms with Crippen molar-refractivity contribution in [2.75, 3.05) is 26.7 Å². The lowest BCUT2D eigenvalue weighted by atomic mass is 9.99. The van der Waals surface area contributed by atoms with Crippen molar-refractivity contribution in [3.63, 3.8) is 0 Å². The number of nitrogens with zero attached hydrogens (tertiary/aromatic N) is 5. The van der Waals surface area contributed by atoms with E-state index in [2.05, 4.69) is 15.0 Å². The van der Waals surface area contributed by atoms with Crippen molar-refractivity contribution in [1.82, 2.24) is 24.8 Å². The van der Waals surface area contributed by atoms with Crippen LogP contribution in [0, 0.1) is 5.92 Å². The van der Waals surface area contributed by atoms with E-state index in [1.807, 2.05) is 44.2 Å². The van der Waals surface area contributed by atoms with Gasteiger partial charge in [-0.25, -0.2) is 4.98 Å². The number of likely N-dealkylation sites (N-methyl/N-ethyl adjacent to an activating group) is 1. The van der Waals surface area contributed by atoms with Crippen LogP contribution >= 0.6 is 0 Å². The predicted molar refractivity (Wildman–Crippen MR) is 134 cm³/mol. The summed E-state index contributed by atoms with van der Waals surface area (Å²) in [6.45, 7) is 4.30. The van der Waals surface area contributed by atoms with Gasteiger partial charge in [-0.3, -0.25) is 19.6 Å². The van der Waals surface area contributed by atoms with E-state index in [0.29, 0.717) is 24.3 Å². The van der Waals surface area contributed by atoms with Gasteiger partial charge in [0.25, 0.3) is 5.91 Å². The lowest BCUT2D eigenvalue weighted by Gasteiger charge is -2.37. The topological polar surface area (TPSA) is 109 Å². The van der Waals surface area contributed by atoms with Crippen LogP contribution in [0.2, 0.25) is 0 Å². The summed E-state index contributed by atoms with van der Waals surface area (Å²) in [5.74, 6) is -0.234. The summed E-state index contributed by atoms with van der Waals surface area (Å²) >= 11 is 0. The molecule has 0 spiro atoms. The summed E-state index contributed by atoms with van der Waals surface area (Å²) in [7, 11) is 1.74. The van der Waals surface area contributed by atoms with E-state index in [0.717, 1.165) is 11.1 Å². The van der Waals surface area contributed by atoms with Crippen LogP contribution in [0.5, 0.6) is 5.88 Å². The Hall–Kier alpha value is -3.85. The normalized spacial score (nSPS) is 18.4. The predicted octanol–water partition coefficient (Wildman–Crippen LogP) is 2.46. The number of carbonyl (C=O) groups is 2. The number of hydrogen-bond acceptors (Lipinski definition) is 7. The smallest absolute Gasteiger partial charge is 0.259 e. The minimum absolute atomic E-state index is 0.0792. The number of aromatic nitrogens is 3. The van der Waals surface area contributed by atoms with E-state index in [4.69, 9.17) is 4.74 Å². The van der Waals surface area contributed by atoms with E-state index in [-0.39, 0.29) is 42.7 Å². The molecular formula is C27H31N5O4. The SMILES string of the molecule is C[C@@H]1CN([C@@H](C)CO)C(=O)c2cc(-c3ccncc3)cnc2O[C@@H]1CN(C)C(=O)Cc1ccccn1. The van der Waals surface area contributed by atoms with Gasteiger partial charge in [0.2, 0.25) is 11.8 Å². The van der Waals surface area contributed by atoms with Gasteiger partial charge in [0, 0.05) is 55.6 Å². The molecular weight excluding hydrogens is 458 g/mol. The first kappa shape index (κ1) is 25.2. The first-order valence-electron chi connectivity index (χ1n) is 12.0. The van der Waals surface area contributed by atoms with E-state index < -0.39 is 6.10 Å². The Labute approximate surface area is 210 Å². The number of fused-ring (bicyclic) bond motifs is 1. The molecule has 0 unspecified atom stereocenters. The molecule has 0 radical (unpaired) electrons. The Morgan fingerprint density at radius 2 is 1.97 bits per heavy atom. The van der Waals surface area contributed by atoms with Crippen LogP contribution in [-0.2, 0) is 11.2 Å². The number of pyridine rings is 3. The molecule has 4 rings (SSSR count). The Morgan fingerprint density at radius 3 is 2.67 bits per heavy atom. The van der Waals surface area contributed by atoms with Gasteiger partial charge < -0.3 is 19.6 Å². The molecule has 4 heterocycles. The second-order valence-corrected chi connectivity index (χ2v) is 9.21. The van der Waals surface area contributed by atoms with Gasteiger partial charge in [-0.1, -0.05) is 13.0 Å². The summed E-state index contributed by atoms with van der Waals surface area (Å²) in [5, 5.41) is 9.85. The maximum absolute atomic E-state index is 13.6. The molecule has 9 nitrogen and oxygen atoms in total. The molecule has 3 atom stereocenters. The molecule has 36 heavy (non-hydrogen) atoms. The maximum atomic E-state index is 13.6. The fraction of sp³-hybridized carbons (Fsp3) is 0.370. The lowest BCUT2D eigenvalue weighted by molar-refractivity contribution is -0.130. The molecule has 3 aromatic rings. The molecule has 188 valence electrons. The highest BCUT2D eigenvalue weighted by molar-refractivity contribution is 5.98. The summed E-state index contributed by atoms with van der Waals surface area (Å²) in [4.78, 5) is 42.5. The first-order chi connectivity index (χ1) is 17.4. The molecule has 9 heteroatoms. The van der Waals surface area contributed by atoms with E-state index >= 15 is 0 Å². The number of ether oxygens (including phenoxy) is 1. The van der Waals surface area contributed by atoms with Crippen LogP contribution < -0.4 is 4.74 Å². The monoisotopic (exact) mass is 489 g/mol. The highest BCUT2D eigenvalue weighted by Gasteiger charge is 2.34. The van der Waals surface area contributed by atoms with Crippen molar-refractivity contribution < 1.29 is 19.4 Å². The van der Waals surface area contributed by atoms with Gasteiger partial charge in [-0.2, -0.15) is 0 Å². The van der Waals surface area contributed by atoms with E-state index in [1.165, 1.54) is 0 Å². The third kappa shape index (κ3) is 5.68. The average Bonchev–Trinajstić information content (AvgIpc) is 2.91. The van der Waals surface area contributed by atoms with Gasteiger partial charge >= 0.3 is 0 Å². The molecule has 0 saturated carbocycles. The number of carbonyl (C=O) groups excluding carboxylic acids is 2. The van der Waals surface area contributed by atoms with Crippen molar-refractivity contribution in [2.24, 2.45) is 5.92 Å². The molecule has 1 N–H and O–H groups in total. The lowest BCUT2D eigenvalue weighted by Crippen LogP contribution is -2.50. The molecule has 0 saturated heterocycles. The number of amides is 2. The minimum Gasteiger partial charge on any atom is -0.472 e. The number of aliphatic hydroxyl groups is 1. The number of aliphatic hydroxyl groups excluding tert-OH is 1. The molecule has 0 bridgehead atoms. The van der Waals surface area contributed by atoms with E-state index in [1.54, 1.807) is 47.7 Å². The van der Waals surface area contributed by atoms with Crippen LogP contribution in [-0.4, -0.2) is 80.6 Å². The third-order valence-electron chi connectivity index (χ3n) is 6.47. The van der Waals surface area contributed by atoms with Crippen LogP contribution in [0.25, 0.3) is 11.1 Å². The maximum Gasteiger partial charge on any atom is 0.259 e. The molecule has 1 aliphatic rings. The van der Waals surface area contributed by atoms with Gasteiger partial charge in [0.15, 0.2) is 0 Å². The zero-order valence-corrected chi connectivity index (χ0v) is 20.7. The second kappa shape index (κ2) is 11.3. The molecule has 0 fully saturated rings. The highest BCUT2D eigenvalue weighted by atomic mass is 16.5. The van der Waals surface area contributed by atoms with E-state index in [9.17, 15) is 14.7 Å². The number of rotatable bonds is 7. The van der Waals surface area contributed by atoms with Crippen LogP contribution in [0.15, 0.2) is 61.2 Å². The summed E-state index contributed by atoms with van der Waals surface area (Å²) in [6.07, 6.45) is 6.47. The van der Waals surface area contributed by atoms with Crippen molar-refractivity contribution >= 4 is 11.8 Å². The molecule has 3 aromatic heterocycles. The van der Waals surface area contributed by atoms with Crippen molar-refractivity contribution in [3.05, 3.63) is 72.4 Å². The summed E-state index contributed by atoms with van der Waals surface area (Å²) in [6, 6.07) is 10.6. The van der Waals surface area contributed by atoms with Crippen molar-refractivity contribution in [3.8, 4) is 17.0 Å². The van der Waals surface area contributed by atoms with Gasteiger partial charge in [-0.15, -0.1) is 0 Å². The highest BCUT2D eigenvalue weighted by Crippen LogP contribution is 2.30. The zero-order chi connectivity index (χ0) is 25.7. The minimum atomic E-state index is -0.415. The fourth-order valence-corrected chi connectivity index (χ4v) is 4.19.